The molecule has 2 aromatic heterocycles. The van der Waals surface area contributed by atoms with Crippen LogP contribution in [0.2, 0.25) is 0 Å². The lowest BCUT2D eigenvalue weighted by Crippen LogP contribution is -2.32. The van der Waals surface area contributed by atoms with Crippen LogP contribution in [0.3, 0.4) is 0 Å². The summed E-state index contributed by atoms with van der Waals surface area (Å²) < 4.78 is 0. The van der Waals surface area contributed by atoms with Gasteiger partial charge >= 0.3 is 0 Å². The Bertz CT molecular complexity index is 586. The summed E-state index contributed by atoms with van der Waals surface area (Å²) in [6, 6.07) is 8.16. The summed E-state index contributed by atoms with van der Waals surface area (Å²) in [5.74, 6) is 0.670. The normalized spacial score (nSPS) is 11.8. The van der Waals surface area contributed by atoms with Crippen molar-refractivity contribution in [1.82, 2.24) is 4.98 Å². The Morgan fingerprint density at radius 3 is 2.95 bits per heavy atom. The fraction of sp³-hybridized carbons (Fsp3) is 0.286. The van der Waals surface area contributed by atoms with Gasteiger partial charge in [0.25, 0.3) is 0 Å². The van der Waals surface area contributed by atoms with Gasteiger partial charge in [-0.3, -0.25) is 0 Å². The molecular weight excluding hydrogens is 256 g/mol. The first-order valence-electron chi connectivity index (χ1n) is 6.03. The van der Waals surface area contributed by atoms with E-state index in [1.807, 2.05) is 11.9 Å². The van der Waals surface area contributed by atoms with E-state index in [0.29, 0.717) is 17.1 Å². The van der Waals surface area contributed by atoms with Gasteiger partial charge in [-0.25, -0.2) is 4.98 Å². The van der Waals surface area contributed by atoms with Crippen molar-refractivity contribution >= 4 is 22.8 Å². The van der Waals surface area contributed by atoms with Crippen LogP contribution in [0.4, 0.5) is 11.5 Å². The van der Waals surface area contributed by atoms with Crippen LogP contribution in [0.5, 0.6) is 0 Å². The molecule has 0 saturated heterocycles. The standard InChI is InChI=1S/C14H16N4S/c1-10(8-12-4-3-7-19-12)18(2)14-13(16)11(9-15)5-6-17-14/h3-7,10H,8,16H2,1-2H3. The van der Waals surface area contributed by atoms with E-state index in [1.54, 1.807) is 23.6 Å². The van der Waals surface area contributed by atoms with Crippen LogP contribution in [-0.2, 0) is 6.42 Å². The van der Waals surface area contributed by atoms with E-state index in [0.717, 1.165) is 6.42 Å². The number of nitrogens with two attached hydrogens (primary N) is 1. The molecule has 1 atom stereocenters. The molecular formula is C14H16N4S. The highest BCUT2D eigenvalue weighted by Gasteiger charge is 2.16. The highest BCUT2D eigenvalue weighted by Crippen LogP contribution is 2.25. The number of aromatic nitrogens is 1. The van der Waals surface area contributed by atoms with Crippen molar-refractivity contribution in [2.75, 3.05) is 17.7 Å². The Balaban J connectivity index is 2.19. The van der Waals surface area contributed by atoms with Gasteiger partial charge in [-0.15, -0.1) is 11.3 Å². The highest BCUT2D eigenvalue weighted by molar-refractivity contribution is 7.09. The summed E-state index contributed by atoms with van der Waals surface area (Å²) in [6.07, 6.45) is 2.56. The van der Waals surface area contributed by atoms with E-state index in [2.05, 4.69) is 35.5 Å². The van der Waals surface area contributed by atoms with Crippen molar-refractivity contribution in [3.63, 3.8) is 0 Å². The number of thiophene rings is 1. The highest BCUT2D eigenvalue weighted by atomic mass is 32.1. The molecule has 98 valence electrons. The van der Waals surface area contributed by atoms with Crippen LogP contribution in [0.1, 0.15) is 17.4 Å². The average molecular weight is 272 g/mol. The van der Waals surface area contributed by atoms with Crippen molar-refractivity contribution in [2.24, 2.45) is 0 Å². The fourth-order valence-corrected chi connectivity index (χ4v) is 2.73. The van der Waals surface area contributed by atoms with Crippen LogP contribution >= 0.6 is 11.3 Å². The summed E-state index contributed by atoms with van der Waals surface area (Å²) in [7, 11) is 1.96. The van der Waals surface area contributed by atoms with Crippen molar-refractivity contribution < 1.29 is 0 Å². The molecule has 0 aliphatic rings. The maximum atomic E-state index is 9.00. The van der Waals surface area contributed by atoms with Gasteiger partial charge in [0.05, 0.1) is 11.3 Å². The second-order valence-corrected chi connectivity index (χ2v) is 5.48. The summed E-state index contributed by atoms with van der Waals surface area (Å²) in [4.78, 5) is 7.64. The maximum absolute atomic E-state index is 9.00. The molecule has 1 unspecified atom stereocenters. The topological polar surface area (TPSA) is 65.9 Å². The molecule has 0 bridgehead atoms. The molecule has 0 saturated carbocycles. The molecule has 0 fully saturated rings. The minimum atomic E-state index is 0.266. The fourth-order valence-electron chi connectivity index (χ4n) is 1.91. The lowest BCUT2D eigenvalue weighted by molar-refractivity contribution is 0.681. The van der Waals surface area contributed by atoms with Crippen LogP contribution in [0, 0.1) is 11.3 Å². The monoisotopic (exact) mass is 272 g/mol. The lowest BCUT2D eigenvalue weighted by atomic mass is 10.1. The Kier molecular flexibility index (Phi) is 4.03. The van der Waals surface area contributed by atoms with E-state index >= 15 is 0 Å². The molecule has 0 radical (unpaired) electrons. The van der Waals surface area contributed by atoms with Crippen LogP contribution in [0.15, 0.2) is 29.8 Å². The molecule has 2 rings (SSSR count). The number of anilines is 2. The van der Waals surface area contributed by atoms with Crippen molar-refractivity contribution in [3.8, 4) is 6.07 Å². The van der Waals surface area contributed by atoms with E-state index in [1.165, 1.54) is 4.88 Å². The van der Waals surface area contributed by atoms with E-state index < -0.39 is 0 Å². The van der Waals surface area contributed by atoms with Gasteiger partial charge in [0.2, 0.25) is 0 Å². The first kappa shape index (κ1) is 13.4. The SMILES string of the molecule is CC(Cc1cccs1)N(C)c1nccc(C#N)c1N. The van der Waals surface area contributed by atoms with Crippen molar-refractivity contribution in [3.05, 3.63) is 40.2 Å². The van der Waals surface area contributed by atoms with Crippen LogP contribution < -0.4 is 10.6 Å². The molecule has 0 amide bonds. The first-order valence-corrected chi connectivity index (χ1v) is 6.91. The van der Waals surface area contributed by atoms with Crippen molar-refractivity contribution in [2.45, 2.75) is 19.4 Å². The Morgan fingerprint density at radius 2 is 2.32 bits per heavy atom. The molecule has 0 aromatic carbocycles. The minimum absolute atomic E-state index is 0.266. The van der Waals surface area contributed by atoms with E-state index in [-0.39, 0.29) is 6.04 Å². The third-order valence-electron chi connectivity index (χ3n) is 3.16. The van der Waals surface area contributed by atoms with Gasteiger partial charge < -0.3 is 10.6 Å². The zero-order chi connectivity index (χ0) is 13.8. The zero-order valence-corrected chi connectivity index (χ0v) is 11.8. The Morgan fingerprint density at radius 1 is 1.53 bits per heavy atom. The molecule has 2 heterocycles. The number of hydrogen-bond acceptors (Lipinski definition) is 5. The van der Waals surface area contributed by atoms with E-state index in [4.69, 9.17) is 11.0 Å². The zero-order valence-electron chi connectivity index (χ0n) is 11.0. The Hall–Kier alpha value is -2.06. The molecule has 5 heteroatoms. The second-order valence-electron chi connectivity index (χ2n) is 4.45. The number of nitrogen functional groups attached to an aromatic ring is 1. The summed E-state index contributed by atoms with van der Waals surface area (Å²) in [5, 5.41) is 11.1. The molecule has 4 nitrogen and oxygen atoms in total. The number of pyridine rings is 1. The summed E-state index contributed by atoms with van der Waals surface area (Å²) >= 11 is 1.75. The molecule has 2 aromatic rings. The summed E-state index contributed by atoms with van der Waals surface area (Å²) in [5.41, 5.74) is 6.90. The van der Waals surface area contributed by atoms with Gasteiger partial charge in [0, 0.05) is 30.6 Å². The molecule has 0 spiro atoms. The van der Waals surface area contributed by atoms with Gasteiger partial charge in [-0.1, -0.05) is 6.07 Å². The van der Waals surface area contributed by atoms with Crippen LogP contribution in [-0.4, -0.2) is 18.1 Å². The molecule has 0 aliphatic carbocycles. The number of likely N-dealkylation sites (N-methyl/N-ethyl adjacent to an activating group) is 1. The van der Waals surface area contributed by atoms with E-state index in [9.17, 15) is 0 Å². The number of rotatable bonds is 4. The maximum Gasteiger partial charge on any atom is 0.153 e. The van der Waals surface area contributed by atoms with Crippen molar-refractivity contribution in [1.29, 1.82) is 5.26 Å². The van der Waals surface area contributed by atoms with Gasteiger partial charge in [-0.2, -0.15) is 5.26 Å². The number of nitrogens with zero attached hydrogens (tertiary/aromatic N) is 3. The molecule has 0 aliphatic heterocycles. The predicted octanol–water partition coefficient (Wildman–Crippen LogP) is 2.66. The number of hydrogen-bond donors (Lipinski definition) is 1. The molecule has 19 heavy (non-hydrogen) atoms. The number of nitriles is 1. The first-order chi connectivity index (χ1) is 9.13. The smallest absolute Gasteiger partial charge is 0.153 e. The Labute approximate surface area is 117 Å². The largest absolute Gasteiger partial charge is 0.395 e. The quantitative estimate of drug-likeness (QED) is 0.929. The third-order valence-corrected chi connectivity index (χ3v) is 4.06. The lowest BCUT2D eigenvalue weighted by Gasteiger charge is -2.26. The van der Waals surface area contributed by atoms with Gasteiger partial charge in [-0.05, 0) is 24.4 Å². The van der Waals surface area contributed by atoms with Gasteiger partial charge in [0.1, 0.15) is 6.07 Å². The third kappa shape index (κ3) is 2.85. The average Bonchev–Trinajstić information content (AvgIpc) is 2.91. The minimum Gasteiger partial charge on any atom is -0.395 e. The molecule has 2 N–H and O–H groups in total. The predicted molar refractivity (Wildman–Crippen MR) is 79.3 cm³/mol. The van der Waals surface area contributed by atoms with Crippen LogP contribution in [0.25, 0.3) is 0 Å². The summed E-state index contributed by atoms with van der Waals surface area (Å²) in [6.45, 7) is 2.12. The van der Waals surface area contributed by atoms with Gasteiger partial charge in [0.15, 0.2) is 5.82 Å². The second kappa shape index (κ2) is 5.72.